The molecule has 0 unspecified atom stereocenters. The summed E-state index contributed by atoms with van der Waals surface area (Å²) < 4.78 is 20.2. The topological polar surface area (TPSA) is 81.4 Å². The minimum Gasteiger partial charge on any atom is -0.480 e. The number of halogens is 1. The first-order valence-electron chi connectivity index (χ1n) is 11.2. The highest BCUT2D eigenvalue weighted by Crippen LogP contribution is 2.32. The van der Waals surface area contributed by atoms with Gasteiger partial charge in [0.05, 0.1) is 12.3 Å². The molecule has 0 bridgehead atoms. The maximum atomic E-state index is 13.4. The number of benzene rings is 2. The molecule has 2 aromatic carbocycles. The van der Waals surface area contributed by atoms with Crippen molar-refractivity contribution in [1.82, 2.24) is 9.78 Å². The fourth-order valence-corrected chi connectivity index (χ4v) is 4.42. The minimum atomic E-state index is -0.951. The van der Waals surface area contributed by atoms with Gasteiger partial charge in [-0.2, -0.15) is 5.10 Å². The van der Waals surface area contributed by atoms with E-state index in [1.807, 2.05) is 30.3 Å². The van der Waals surface area contributed by atoms with Crippen molar-refractivity contribution in [2.24, 2.45) is 11.8 Å². The van der Waals surface area contributed by atoms with Gasteiger partial charge >= 0.3 is 5.97 Å². The number of hydrogen-bond acceptors (Lipinski definition) is 4. The Morgan fingerprint density at radius 1 is 1.00 bits per heavy atom. The van der Waals surface area contributed by atoms with E-state index in [0.717, 1.165) is 36.8 Å². The number of rotatable bonds is 8. The summed E-state index contributed by atoms with van der Waals surface area (Å²) in [6.45, 7) is 0.731. The summed E-state index contributed by atoms with van der Waals surface area (Å²) in [6.07, 6.45) is 3.77. The number of carboxylic acid groups (broad SMARTS) is 1. The highest BCUT2D eigenvalue weighted by molar-refractivity contribution is 5.80. The van der Waals surface area contributed by atoms with Crippen LogP contribution in [0.4, 0.5) is 4.39 Å². The van der Waals surface area contributed by atoms with Crippen molar-refractivity contribution in [3.05, 3.63) is 76.8 Å². The standard InChI is InChI=1S/C26H27FN2O4/c27-22-12-10-20(11-13-22)23-14-24(30)29(28-26(23)21-4-2-1-3-5-21)15-18-6-8-19(9-7-18)16-33-17-25(31)32/h1-5,10-14,18-19H,6-9,15-17H2,(H,31,32)/t18-,19-. The van der Waals surface area contributed by atoms with Gasteiger partial charge in [-0.1, -0.05) is 42.5 Å². The zero-order chi connectivity index (χ0) is 23.2. The molecule has 172 valence electrons. The van der Waals surface area contributed by atoms with Crippen molar-refractivity contribution >= 4 is 5.97 Å². The number of carboxylic acids is 1. The Kier molecular flexibility index (Phi) is 7.29. The van der Waals surface area contributed by atoms with Gasteiger partial charge in [0.1, 0.15) is 12.4 Å². The summed E-state index contributed by atoms with van der Waals surface area (Å²) >= 11 is 0. The second-order valence-electron chi connectivity index (χ2n) is 8.60. The average molecular weight is 451 g/mol. The van der Waals surface area contributed by atoms with Crippen LogP contribution in [-0.4, -0.2) is 34.1 Å². The molecule has 1 aliphatic rings. The molecule has 0 saturated heterocycles. The van der Waals surface area contributed by atoms with E-state index in [4.69, 9.17) is 14.9 Å². The molecule has 1 N–H and O–H groups in total. The molecule has 7 heteroatoms. The van der Waals surface area contributed by atoms with E-state index < -0.39 is 5.97 Å². The molecule has 1 aliphatic carbocycles. The fraction of sp³-hybridized carbons (Fsp3) is 0.346. The minimum absolute atomic E-state index is 0.180. The molecule has 3 aromatic rings. The predicted octanol–water partition coefficient (Wildman–Crippen LogP) is 4.62. The number of aliphatic carboxylic acids is 1. The van der Waals surface area contributed by atoms with Gasteiger partial charge in [0, 0.05) is 23.7 Å². The molecule has 0 radical (unpaired) electrons. The second kappa shape index (κ2) is 10.5. The third-order valence-electron chi connectivity index (χ3n) is 6.18. The van der Waals surface area contributed by atoms with E-state index in [-0.39, 0.29) is 18.0 Å². The van der Waals surface area contributed by atoms with Gasteiger partial charge in [-0.15, -0.1) is 0 Å². The number of carbonyl (C=O) groups is 1. The van der Waals surface area contributed by atoms with Gasteiger partial charge < -0.3 is 9.84 Å². The molecule has 0 spiro atoms. The van der Waals surface area contributed by atoms with Crippen LogP contribution in [-0.2, 0) is 16.1 Å². The van der Waals surface area contributed by atoms with Gasteiger partial charge in [0.25, 0.3) is 5.56 Å². The first-order chi connectivity index (χ1) is 16.0. The van der Waals surface area contributed by atoms with Gasteiger partial charge in [0.2, 0.25) is 0 Å². The van der Waals surface area contributed by atoms with Crippen molar-refractivity contribution in [2.45, 2.75) is 32.2 Å². The molecule has 0 amide bonds. The van der Waals surface area contributed by atoms with Crippen molar-refractivity contribution in [3.8, 4) is 22.4 Å². The molecule has 0 atom stereocenters. The Labute approximate surface area is 191 Å². The van der Waals surface area contributed by atoms with Crippen molar-refractivity contribution in [1.29, 1.82) is 0 Å². The monoisotopic (exact) mass is 450 g/mol. The van der Waals surface area contributed by atoms with Crippen LogP contribution in [0.1, 0.15) is 25.7 Å². The Bertz CT molecular complexity index is 1140. The van der Waals surface area contributed by atoms with E-state index in [1.165, 1.54) is 12.1 Å². The number of aromatic nitrogens is 2. The van der Waals surface area contributed by atoms with Crippen LogP contribution in [0.5, 0.6) is 0 Å². The zero-order valence-electron chi connectivity index (χ0n) is 18.3. The molecule has 1 fully saturated rings. The summed E-state index contributed by atoms with van der Waals surface area (Å²) in [6, 6.07) is 17.4. The molecular formula is C26H27FN2O4. The van der Waals surface area contributed by atoms with Crippen LogP contribution in [0.3, 0.4) is 0 Å². The van der Waals surface area contributed by atoms with Crippen molar-refractivity contribution < 1.29 is 19.0 Å². The van der Waals surface area contributed by atoms with Gasteiger partial charge in [-0.05, 0) is 55.2 Å². The predicted molar refractivity (Wildman–Crippen MR) is 123 cm³/mol. The second-order valence-corrected chi connectivity index (χ2v) is 8.60. The summed E-state index contributed by atoms with van der Waals surface area (Å²) in [7, 11) is 0. The molecule has 4 rings (SSSR count). The number of ether oxygens (including phenoxy) is 1. The first-order valence-corrected chi connectivity index (χ1v) is 11.2. The normalized spacial score (nSPS) is 18.2. The van der Waals surface area contributed by atoms with Gasteiger partial charge in [-0.25, -0.2) is 13.9 Å². The van der Waals surface area contributed by atoms with Crippen LogP contribution in [0.25, 0.3) is 22.4 Å². The maximum absolute atomic E-state index is 13.4. The first kappa shape index (κ1) is 22.9. The zero-order valence-corrected chi connectivity index (χ0v) is 18.3. The van der Waals surface area contributed by atoms with E-state index in [2.05, 4.69) is 0 Å². The van der Waals surface area contributed by atoms with Crippen LogP contribution in [0.15, 0.2) is 65.5 Å². The van der Waals surface area contributed by atoms with Gasteiger partial charge in [0.15, 0.2) is 0 Å². The number of nitrogens with zero attached hydrogens (tertiary/aromatic N) is 2. The van der Waals surface area contributed by atoms with Gasteiger partial charge in [-0.3, -0.25) is 4.79 Å². The van der Waals surface area contributed by atoms with Crippen LogP contribution < -0.4 is 5.56 Å². The SMILES string of the molecule is O=C(O)COC[C@H]1CC[C@H](Cn2nc(-c3ccccc3)c(-c3ccc(F)cc3)cc2=O)CC1. The Hall–Kier alpha value is -3.32. The van der Waals surface area contributed by atoms with E-state index >= 15 is 0 Å². The van der Waals surface area contributed by atoms with Crippen molar-refractivity contribution in [2.75, 3.05) is 13.2 Å². The molecule has 1 saturated carbocycles. The molecule has 33 heavy (non-hydrogen) atoms. The van der Waals surface area contributed by atoms with E-state index in [0.29, 0.717) is 36.2 Å². The average Bonchev–Trinajstić information content (AvgIpc) is 2.82. The lowest BCUT2D eigenvalue weighted by Crippen LogP contribution is -2.29. The number of hydrogen-bond donors (Lipinski definition) is 1. The summed E-state index contributed by atoms with van der Waals surface area (Å²) in [5.41, 5.74) is 2.83. The Morgan fingerprint density at radius 2 is 1.67 bits per heavy atom. The van der Waals surface area contributed by atoms with Crippen molar-refractivity contribution in [3.63, 3.8) is 0 Å². The quantitative estimate of drug-likeness (QED) is 0.541. The Morgan fingerprint density at radius 3 is 2.33 bits per heavy atom. The van der Waals surface area contributed by atoms with E-state index in [9.17, 15) is 14.0 Å². The molecule has 0 aliphatic heterocycles. The van der Waals surface area contributed by atoms with Crippen LogP contribution in [0.2, 0.25) is 0 Å². The summed E-state index contributed by atoms with van der Waals surface area (Å²) in [4.78, 5) is 23.6. The van der Waals surface area contributed by atoms with Crippen LogP contribution >= 0.6 is 0 Å². The molecule has 1 aromatic heterocycles. The lowest BCUT2D eigenvalue weighted by atomic mass is 9.82. The maximum Gasteiger partial charge on any atom is 0.329 e. The lowest BCUT2D eigenvalue weighted by Gasteiger charge is -2.28. The molecular weight excluding hydrogens is 423 g/mol. The molecule has 1 heterocycles. The highest BCUT2D eigenvalue weighted by Gasteiger charge is 2.23. The fourth-order valence-electron chi connectivity index (χ4n) is 4.42. The van der Waals surface area contributed by atoms with Crippen LogP contribution in [0, 0.1) is 17.7 Å². The highest BCUT2D eigenvalue weighted by atomic mass is 19.1. The largest absolute Gasteiger partial charge is 0.480 e. The smallest absolute Gasteiger partial charge is 0.329 e. The lowest BCUT2D eigenvalue weighted by molar-refractivity contribution is -0.142. The summed E-state index contributed by atoms with van der Waals surface area (Å²) in [5, 5.41) is 13.4. The Balaban J connectivity index is 1.53. The third-order valence-corrected chi connectivity index (χ3v) is 6.18. The summed E-state index contributed by atoms with van der Waals surface area (Å²) in [5.74, 6) is -0.602. The molecule has 6 nitrogen and oxygen atoms in total. The third kappa shape index (κ3) is 5.93. The van der Waals surface area contributed by atoms with E-state index in [1.54, 1.807) is 22.9 Å².